The summed E-state index contributed by atoms with van der Waals surface area (Å²) < 4.78 is 40.4. The molecule has 0 radical (unpaired) electrons. The molecule has 7 rings (SSSR count). The summed E-state index contributed by atoms with van der Waals surface area (Å²) in [5.41, 5.74) is 3.80. The van der Waals surface area contributed by atoms with Crippen LogP contribution < -0.4 is 14.2 Å². The lowest BCUT2D eigenvalue weighted by atomic mass is 9.95. The Morgan fingerprint density at radius 2 is 1.33 bits per heavy atom. The average Bonchev–Trinajstić information content (AvgIpc) is 3.90. The Labute approximate surface area is 284 Å². The van der Waals surface area contributed by atoms with E-state index in [1.54, 1.807) is 0 Å². The quantitative estimate of drug-likeness (QED) is 0.0721. The Morgan fingerprint density at radius 3 is 2.04 bits per heavy atom. The summed E-state index contributed by atoms with van der Waals surface area (Å²) in [6.07, 6.45) is 4.32. The molecule has 0 saturated carbocycles. The lowest BCUT2D eigenvalue weighted by Crippen LogP contribution is -2.05. The standard InChI is InChI=1S/C39H38O7.2CH4/c1-24(2)30(13-25(3)40-18-34-20-42-34)14-26(4)46-33-11-8-28-9-12-38(45-23-36-22-44-36)39(37(28)17-33)29-6-5-27-7-10-32(16-31(27)15-29)41-19-35-21-43-35;;/h5-17,34-36H,1,3,18-23H2,2,4H3;2*1H4/b26-14+,30-13-;;. The van der Waals surface area contributed by atoms with Crippen LogP contribution in [-0.2, 0) is 18.9 Å². The average molecular weight is 651 g/mol. The molecule has 0 aromatic heterocycles. The zero-order valence-electron chi connectivity index (χ0n) is 26.3. The fourth-order valence-corrected chi connectivity index (χ4v) is 5.23. The second-order valence-corrected chi connectivity index (χ2v) is 12.0. The van der Waals surface area contributed by atoms with Crippen molar-refractivity contribution in [2.45, 2.75) is 47.0 Å². The van der Waals surface area contributed by atoms with Crippen LogP contribution in [0.15, 0.2) is 115 Å². The number of allylic oxidation sites excluding steroid dienone is 5. The molecule has 3 aliphatic rings. The van der Waals surface area contributed by atoms with E-state index >= 15 is 0 Å². The van der Waals surface area contributed by atoms with Gasteiger partial charge in [-0.3, -0.25) is 0 Å². The molecule has 3 unspecified atom stereocenters. The molecule has 0 spiro atoms. The third-order valence-corrected chi connectivity index (χ3v) is 8.02. The van der Waals surface area contributed by atoms with E-state index in [2.05, 4.69) is 61.7 Å². The molecule has 7 heteroatoms. The molecule has 252 valence electrons. The second kappa shape index (κ2) is 15.1. The first-order chi connectivity index (χ1) is 22.4. The van der Waals surface area contributed by atoms with Gasteiger partial charge in [-0.25, -0.2) is 0 Å². The van der Waals surface area contributed by atoms with E-state index in [0.29, 0.717) is 37.1 Å². The molecule has 4 aromatic carbocycles. The molecule has 3 fully saturated rings. The van der Waals surface area contributed by atoms with Crippen molar-refractivity contribution in [1.29, 1.82) is 0 Å². The number of rotatable bonds is 15. The van der Waals surface area contributed by atoms with Gasteiger partial charge in [0.05, 0.1) is 19.8 Å². The Balaban J connectivity index is 0.00000225. The highest BCUT2D eigenvalue weighted by Gasteiger charge is 2.25. The third kappa shape index (κ3) is 8.86. The molecule has 48 heavy (non-hydrogen) atoms. The number of fused-ring (bicyclic) bond motifs is 2. The summed E-state index contributed by atoms with van der Waals surface area (Å²) in [4.78, 5) is 0. The van der Waals surface area contributed by atoms with E-state index in [9.17, 15) is 0 Å². The minimum Gasteiger partial charge on any atom is -0.491 e. The summed E-state index contributed by atoms with van der Waals surface area (Å²) in [5, 5.41) is 4.32. The molecule has 4 aromatic rings. The smallest absolute Gasteiger partial charge is 0.127 e. The van der Waals surface area contributed by atoms with Crippen LogP contribution >= 0.6 is 0 Å². The zero-order chi connectivity index (χ0) is 31.6. The van der Waals surface area contributed by atoms with Crippen molar-refractivity contribution in [3.05, 3.63) is 115 Å². The minimum absolute atomic E-state index is 0. The fraction of sp³-hybridized carbons (Fsp3) is 0.317. The molecule has 3 saturated heterocycles. The van der Waals surface area contributed by atoms with Crippen molar-refractivity contribution in [1.82, 2.24) is 0 Å². The van der Waals surface area contributed by atoms with Crippen molar-refractivity contribution < 1.29 is 33.2 Å². The highest BCUT2D eigenvalue weighted by molar-refractivity contribution is 6.02. The fourth-order valence-electron chi connectivity index (χ4n) is 5.23. The van der Waals surface area contributed by atoms with E-state index in [1.165, 1.54) is 0 Å². The molecule has 3 atom stereocenters. The summed E-state index contributed by atoms with van der Waals surface area (Å²) in [5.74, 6) is 3.61. The van der Waals surface area contributed by atoms with Gasteiger partial charge in [0.2, 0.25) is 0 Å². The predicted molar refractivity (Wildman–Crippen MR) is 193 cm³/mol. The summed E-state index contributed by atoms with van der Waals surface area (Å²) in [6.45, 7) is 15.8. The van der Waals surface area contributed by atoms with E-state index < -0.39 is 0 Å². The molecule has 0 aliphatic carbocycles. The Hall–Kier alpha value is -4.56. The van der Waals surface area contributed by atoms with Crippen LogP contribution in [0.2, 0.25) is 0 Å². The molecule has 0 amide bonds. The van der Waals surface area contributed by atoms with Gasteiger partial charge in [0.1, 0.15) is 66.9 Å². The van der Waals surface area contributed by atoms with Crippen molar-refractivity contribution in [3.8, 4) is 28.4 Å². The lowest BCUT2D eigenvalue weighted by molar-refractivity contribution is 0.194. The van der Waals surface area contributed by atoms with Gasteiger partial charge in [0, 0.05) is 5.56 Å². The maximum atomic E-state index is 6.37. The van der Waals surface area contributed by atoms with Crippen LogP contribution in [0.4, 0.5) is 0 Å². The van der Waals surface area contributed by atoms with Gasteiger partial charge in [-0.1, -0.05) is 63.9 Å². The van der Waals surface area contributed by atoms with E-state index in [-0.39, 0.29) is 33.2 Å². The predicted octanol–water partition coefficient (Wildman–Crippen LogP) is 9.20. The van der Waals surface area contributed by atoms with Gasteiger partial charge in [0.25, 0.3) is 0 Å². The summed E-state index contributed by atoms with van der Waals surface area (Å²) in [7, 11) is 0. The van der Waals surface area contributed by atoms with E-state index in [0.717, 1.165) is 75.1 Å². The van der Waals surface area contributed by atoms with Crippen molar-refractivity contribution in [3.63, 3.8) is 0 Å². The largest absolute Gasteiger partial charge is 0.491 e. The lowest BCUT2D eigenvalue weighted by Gasteiger charge is -2.16. The summed E-state index contributed by atoms with van der Waals surface area (Å²) >= 11 is 0. The van der Waals surface area contributed by atoms with Crippen LogP contribution in [0.3, 0.4) is 0 Å². The van der Waals surface area contributed by atoms with Gasteiger partial charge >= 0.3 is 0 Å². The van der Waals surface area contributed by atoms with E-state index in [1.807, 2.05) is 44.2 Å². The number of hydrogen-bond acceptors (Lipinski definition) is 7. The first-order valence-corrected chi connectivity index (χ1v) is 15.6. The summed E-state index contributed by atoms with van der Waals surface area (Å²) in [6, 6.07) is 22.9. The molecule has 3 heterocycles. The molecule has 3 aliphatic heterocycles. The van der Waals surface area contributed by atoms with Crippen LogP contribution in [0.1, 0.15) is 28.7 Å². The molecule has 0 N–H and O–H groups in total. The van der Waals surface area contributed by atoms with Gasteiger partial charge in [-0.15, -0.1) is 0 Å². The van der Waals surface area contributed by atoms with Crippen LogP contribution in [0, 0.1) is 0 Å². The Kier molecular flexibility index (Phi) is 10.9. The Morgan fingerprint density at radius 1 is 0.708 bits per heavy atom. The molecular weight excluding hydrogens is 604 g/mol. The zero-order valence-corrected chi connectivity index (χ0v) is 26.3. The number of benzene rings is 4. The van der Waals surface area contributed by atoms with Crippen LogP contribution in [-0.4, -0.2) is 58.0 Å². The van der Waals surface area contributed by atoms with Crippen LogP contribution in [0.5, 0.6) is 17.2 Å². The number of hydrogen-bond donors (Lipinski definition) is 0. The van der Waals surface area contributed by atoms with Gasteiger partial charge in [-0.05, 0) is 95.1 Å². The minimum atomic E-state index is 0. The van der Waals surface area contributed by atoms with Crippen LogP contribution in [0.25, 0.3) is 32.7 Å². The van der Waals surface area contributed by atoms with E-state index in [4.69, 9.17) is 33.2 Å². The van der Waals surface area contributed by atoms with Crippen molar-refractivity contribution in [2.75, 3.05) is 39.6 Å². The third-order valence-electron chi connectivity index (χ3n) is 8.02. The van der Waals surface area contributed by atoms with Gasteiger partial charge in [-0.2, -0.15) is 0 Å². The topological polar surface area (TPSA) is 74.5 Å². The second-order valence-electron chi connectivity index (χ2n) is 12.0. The first-order valence-electron chi connectivity index (χ1n) is 15.6. The highest BCUT2D eigenvalue weighted by atomic mass is 16.6. The SMILES string of the molecule is C.C.C=C(/C=C(/C=C(\C)Oc1ccc2ccc(OCC3CO3)c(-c3ccc4ccc(OCC5CO5)cc4c3)c2c1)C(=C)C)OCC1CO1. The first kappa shape index (κ1) is 34.8. The number of ether oxygens (including phenoxy) is 7. The van der Waals surface area contributed by atoms with Gasteiger partial charge < -0.3 is 33.2 Å². The highest BCUT2D eigenvalue weighted by Crippen LogP contribution is 2.41. The van der Waals surface area contributed by atoms with Crippen molar-refractivity contribution in [2.24, 2.45) is 0 Å². The Bertz CT molecular complexity index is 1860. The molecule has 0 bridgehead atoms. The maximum absolute atomic E-state index is 6.37. The monoisotopic (exact) mass is 650 g/mol. The molecule has 7 nitrogen and oxygen atoms in total. The number of epoxide rings is 3. The maximum Gasteiger partial charge on any atom is 0.127 e. The normalized spacial score (nSPS) is 19.5. The van der Waals surface area contributed by atoms with Crippen molar-refractivity contribution >= 4 is 21.5 Å². The molecular formula is C41H46O7. The van der Waals surface area contributed by atoms with Gasteiger partial charge in [0.15, 0.2) is 0 Å².